The van der Waals surface area contributed by atoms with Gasteiger partial charge in [0.2, 0.25) is 0 Å². The smallest absolute Gasteiger partial charge is 0.193 e. The summed E-state index contributed by atoms with van der Waals surface area (Å²) in [5.41, 5.74) is 10.8. The van der Waals surface area contributed by atoms with Gasteiger partial charge in [-0.1, -0.05) is 38.1 Å². The lowest BCUT2D eigenvalue weighted by Gasteiger charge is -2.10. The van der Waals surface area contributed by atoms with Crippen LogP contribution in [-0.4, -0.2) is 19.1 Å². The zero-order valence-corrected chi connectivity index (χ0v) is 17.1. The first-order valence-corrected chi connectivity index (χ1v) is 8.53. The molecule has 2 aromatic carbocycles. The monoisotopic (exact) mass is 451 g/mol. The second-order valence-corrected chi connectivity index (χ2v) is 6.46. The molecule has 1 heterocycles. The summed E-state index contributed by atoms with van der Waals surface area (Å²) in [5.74, 6) is 1.97. The van der Waals surface area contributed by atoms with Crippen molar-refractivity contribution in [3.63, 3.8) is 0 Å². The second kappa shape index (κ2) is 9.08. The summed E-state index contributed by atoms with van der Waals surface area (Å²) in [6.45, 7) is 5.82. The summed E-state index contributed by atoms with van der Waals surface area (Å²) in [6, 6.07) is 14.7. The Morgan fingerprint density at radius 1 is 1.24 bits per heavy atom. The predicted molar refractivity (Wildman–Crippen MR) is 115 cm³/mol. The molecule has 0 fully saturated rings. The molecule has 3 N–H and O–H groups in total. The number of aliphatic imine (C=N–C) groups is 1. The van der Waals surface area contributed by atoms with Gasteiger partial charge in [-0.05, 0) is 47.2 Å². The molecule has 2 aromatic rings. The Labute approximate surface area is 166 Å². The fourth-order valence-electron chi connectivity index (χ4n) is 2.86. The number of ether oxygens (including phenoxy) is 1. The van der Waals surface area contributed by atoms with Crippen molar-refractivity contribution >= 4 is 35.6 Å². The van der Waals surface area contributed by atoms with Gasteiger partial charge in [0.05, 0.1) is 6.61 Å². The van der Waals surface area contributed by atoms with Gasteiger partial charge in [0, 0.05) is 18.7 Å². The lowest BCUT2D eigenvalue weighted by molar-refractivity contribution is 0.357. The van der Waals surface area contributed by atoms with Crippen molar-refractivity contribution in [1.29, 1.82) is 0 Å². The topological polar surface area (TPSA) is 59.6 Å². The van der Waals surface area contributed by atoms with Crippen LogP contribution >= 0.6 is 24.0 Å². The number of anilines is 1. The Morgan fingerprint density at radius 3 is 2.88 bits per heavy atom. The number of hydrogen-bond donors (Lipinski definition) is 2. The predicted octanol–water partition coefficient (Wildman–Crippen LogP) is 4.33. The molecule has 5 heteroatoms. The van der Waals surface area contributed by atoms with Gasteiger partial charge in [-0.3, -0.25) is 4.99 Å². The summed E-state index contributed by atoms with van der Waals surface area (Å²) in [4.78, 5) is 4.43. The van der Waals surface area contributed by atoms with Crippen molar-refractivity contribution < 1.29 is 4.74 Å². The van der Waals surface area contributed by atoms with Gasteiger partial charge >= 0.3 is 0 Å². The highest BCUT2D eigenvalue weighted by molar-refractivity contribution is 14.0. The van der Waals surface area contributed by atoms with E-state index in [2.05, 4.69) is 54.5 Å². The molecule has 0 unspecified atom stereocenters. The lowest BCUT2D eigenvalue weighted by Crippen LogP contribution is -2.23. The van der Waals surface area contributed by atoms with E-state index >= 15 is 0 Å². The van der Waals surface area contributed by atoms with E-state index < -0.39 is 0 Å². The molecule has 3 rings (SSSR count). The molecule has 4 nitrogen and oxygen atoms in total. The zero-order valence-electron chi connectivity index (χ0n) is 14.8. The molecule has 0 aromatic heterocycles. The normalized spacial score (nSPS) is 13.2. The fourth-order valence-corrected chi connectivity index (χ4v) is 2.86. The zero-order chi connectivity index (χ0) is 16.9. The Kier molecular flexibility index (Phi) is 7.11. The van der Waals surface area contributed by atoms with Crippen LogP contribution in [0.2, 0.25) is 0 Å². The van der Waals surface area contributed by atoms with E-state index in [1.807, 2.05) is 12.1 Å². The Bertz CT molecular complexity index is 743. The van der Waals surface area contributed by atoms with Crippen LogP contribution < -0.4 is 15.8 Å². The van der Waals surface area contributed by atoms with Crippen molar-refractivity contribution in [3.05, 3.63) is 59.2 Å². The highest BCUT2D eigenvalue weighted by Gasteiger charge is 2.11. The molecule has 134 valence electrons. The van der Waals surface area contributed by atoms with Crippen LogP contribution in [0.1, 0.15) is 36.5 Å². The Balaban J connectivity index is 0.00000225. The standard InChI is InChI=1S/C20H25N3O.HI/c1-14(2)16-4-3-5-18(13-16)23-20(21)22-10-8-15-6-7-19-17(12-15)9-11-24-19;/h3-7,12-14H,8-11H2,1-2H3,(H3,21,22,23);1H. The maximum atomic E-state index is 6.01. The number of nitrogens with zero attached hydrogens (tertiary/aromatic N) is 1. The first-order valence-electron chi connectivity index (χ1n) is 8.53. The van der Waals surface area contributed by atoms with Gasteiger partial charge in [-0.2, -0.15) is 0 Å². The largest absolute Gasteiger partial charge is 0.493 e. The summed E-state index contributed by atoms with van der Waals surface area (Å²) in [7, 11) is 0. The molecular formula is C20H26IN3O. The van der Waals surface area contributed by atoms with Crippen LogP contribution in [0, 0.1) is 0 Å². The van der Waals surface area contributed by atoms with Crippen molar-refractivity contribution in [1.82, 2.24) is 0 Å². The Morgan fingerprint density at radius 2 is 2.08 bits per heavy atom. The minimum Gasteiger partial charge on any atom is -0.493 e. The molecule has 0 amide bonds. The average molecular weight is 451 g/mol. The molecule has 0 saturated heterocycles. The first-order chi connectivity index (χ1) is 11.6. The van der Waals surface area contributed by atoms with Gasteiger partial charge in [0.15, 0.2) is 5.96 Å². The number of nitrogens with two attached hydrogens (primary N) is 1. The number of fused-ring (bicyclic) bond motifs is 1. The maximum absolute atomic E-state index is 6.01. The van der Waals surface area contributed by atoms with Crippen LogP contribution in [0.5, 0.6) is 5.75 Å². The van der Waals surface area contributed by atoms with E-state index in [0.29, 0.717) is 18.4 Å². The number of nitrogens with one attached hydrogen (secondary N) is 1. The van der Waals surface area contributed by atoms with Crippen molar-refractivity contribution in [2.24, 2.45) is 10.7 Å². The van der Waals surface area contributed by atoms with Crippen LogP contribution in [0.15, 0.2) is 47.5 Å². The van der Waals surface area contributed by atoms with E-state index in [1.54, 1.807) is 0 Å². The average Bonchev–Trinajstić information content (AvgIpc) is 3.02. The molecule has 0 radical (unpaired) electrons. The van der Waals surface area contributed by atoms with Crippen LogP contribution in [0.3, 0.4) is 0 Å². The molecule has 0 spiro atoms. The van der Waals surface area contributed by atoms with Gasteiger partial charge in [-0.15, -0.1) is 24.0 Å². The SMILES string of the molecule is CC(C)c1cccc(NC(N)=NCCc2ccc3c(c2)CCO3)c1.I. The van der Waals surface area contributed by atoms with Crippen molar-refractivity contribution in [2.75, 3.05) is 18.5 Å². The van der Waals surface area contributed by atoms with Gasteiger partial charge in [0.1, 0.15) is 5.75 Å². The third-order valence-corrected chi connectivity index (χ3v) is 4.26. The van der Waals surface area contributed by atoms with E-state index in [9.17, 15) is 0 Å². The fraction of sp³-hybridized carbons (Fsp3) is 0.350. The summed E-state index contributed by atoms with van der Waals surface area (Å²) < 4.78 is 5.53. The van der Waals surface area contributed by atoms with Crippen molar-refractivity contribution in [2.45, 2.75) is 32.6 Å². The number of benzene rings is 2. The van der Waals surface area contributed by atoms with E-state index in [0.717, 1.165) is 30.9 Å². The minimum absolute atomic E-state index is 0. The molecule has 0 saturated carbocycles. The van der Waals surface area contributed by atoms with Gasteiger partial charge in [0.25, 0.3) is 0 Å². The number of guanidine groups is 1. The van der Waals surface area contributed by atoms with Crippen molar-refractivity contribution in [3.8, 4) is 5.75 Å². The third-order valence-electron chi connectivity index (χ3n) is 4.26. The van der Waals surface area contributed by atoms with Crippen LogP contribution in [0.4, 0.5) is 5.69 Å². The summed E-state index contributed by atoms with van der Waals surface area (Å²) >= 11 is 0. The van der Waals surface area contributed by atoms with Gasteiger partial charge < -0.3 is 15.8 Å². The molecular weight excluding hydrogens is 425 g/mol. The quantitative estimate of drug-likeness (QED) is 0.404. The van der Waals surface area contributed by atoms with E-state index in [-0.39, 0.29) is 24.0 Å². The lowest BCUT2D eigenvalue weighted by atomic mass is 10.0. The highest BCUT2D eigenvalue weighted by Crippen LogP contribution is 2.26. The van der Waals surface area contributed by atoms with Crippen LogP contribution in [0.25, 0.3) is 0 Å². The molecule has 0 bridgehead atoms. The van der Waals surface area contributed by atoms with E-state index in [4.69, 9.17) is 10.5 Å². The molecule has 25 heavy (non-hydrogen) atoms. The number of halogens is 1. The summed E-state index contributed by atoms with van der Waals surface area (Å²) in [5, 5.41) is 3.17. The number of rotatable bonds is 5. The summed E-state index contributed by atoms with van der Waals surface area (Å²) in [6.07, 6.45) is 1.88. The van der Waals surface area contributed by atoms with Crippen LogP contribution in [-0.2, 0) is 12.8 Å². The number of hydrogen-bond acceptors (Lipinski definition) is 2. The molecule has 1 aliphatic heterocycles. The molecule has 1 aliphatic rings. The maximum Gasteiger partial charge on any atom is 0.193 e. The first kappa shape index (κ1) is 19.6. The third kappa shape index (κ3) is 5.36. The minimum atomic E-state index is 0. The Hall–Kier alpha value is -1.76. The second-order valence-electron chi connectivity index (χ2n) is 6.46. The highest BCUT2D eigenvalue weighted by atomic mass is 127. The molecule has 0 atom stereocenters. The van der Waals surface area contributed by atoms with E-state index in [1.165, 1.54) is 16.7 Å². The van der Waals surface area contributed by atoms with Gasteiger partial charge in [-0.25, -0.2) is 0 Å². The molecule has 0 aliphatic carbocycles.